The molecule has 0 aliphatic rings. The summed E-state index contributed by atoms with van der Waals surface area (Å²) in [5, 5.41) is 0. The van der Waals surface area contributed by atoms with E-state index in [-0.39, 0.29) is 5.56 Å². The van der Waals surface area contributed by atoms with Gasteiger partial charge in [-0.25, -0.2) is 14.8 Å². The summed E-state index contributed by atoms with van der Waals surface area (Å²) in [5.41, 5.74) is 0.799. The van der Waals surface area contributed by atoms with Crippen LogP contribution in [0.2, 0.25) is 0 Å². The number of aromatic nitrogens is 2. The molecule has 0 saturated heterocycles. The van der Waals surface area contributed by atoms with Crippen molar-refractivity contribution in [1.29, 1.82) is 0 Å². The van der Waals surface area contributed by atoms with E-state index in [0.717, 1.165) is 6.07 Å². The number of rotatable bonds is 4. The lowest BCUT2D eigenvalue weighted by molar-refractivity contribution is -0.140. The number of nitrogens with zero attached hydrogens (tertiary/aromatic N) is 2. The highest BCUT2D eigenvalue weighted by Crippen LogP contribution is 2.34. The fraction of sp³-hybridized carbons (Fsp3) is 0.308. The third-order valence-corrected chi connectivity index (χ3v) is 3.16. The van der Waals surface area contributed by atoms with Gasteiger partial charge in [0.2, 0.25) is 0 Å². The number of benzene rings is 1. The SMILES string of the molecule is CCn1ccnc1C(NN)c1cccc(C(F)(F)F)c1F. The van der Waals surface area contributed by atoms with Crippen molar-refractivity contribution in [3.05, 3.63) is 53.4 Å². The first-order valence-electron chi connectivity index (χ1n) is 6.22. The molecule has 0 saturated carbocycles. The average Bonchev–Trinajstić information content (AvgIpc) is 2.88. The maximum absolute atomic E-state index is 14.2. The fourth-order valence-electron chi connectivity index (χ4n) is 2.14. The molecule has 0 radical (unpaired) electrons. The van der Waals surface area contributed by atoms with Crippen molar-refractivity contribution in [2.45, 2.75) is 25.7 Å². The van der Waals surface area contributed by atoms with Crippen LogP contribution in [0.25, 0.3) is 0 Å². The molecule has 1 aromatic carbocycles. The number of hydrogen-bond donors (Lipinski definition) is 2. The Hall–Kier alpha value is -1.93. The predicted molar refractivity (Wildman–Crippen MR) is 68.5 cm³/mol. The van der Waals surface area contributed by atoms with Gasteiger partial charge in [0.15, 0.2) is 0 Å². The van der Waals surface area contributed by atoms with Crippen LogP contribution in [0, 0.1) is 5.82 Å². The Morgan fingerprint density at radius 3 is 2.67 bits per heavy atom. The number of nitrogens with two attached hydrogens (primary N) is 1. The minimum absolute atomic E-state index is 0.201. The molecule has 0 bridgehead atoms. The van der Waals surface area contributed by atoms with Crippen LogP contribution in [0.1, 0.15) is 29.9 Å². The van der Waals surface area contributed by atoms with E-state index in [1.54, 1.807) is 10.8 Å². The summed E-state index contributed by atoms with van der Waals surface area (Å²) in [7, 11) is 0. The van der Waals surface area contributed by atoms with E-state index in [1.165, 1.54) is 12.3 Å². The lowest BCUT2D eigenvalue weighted by Crippen LogP contribution is -2.32. The van der Waals surface area contributed by atoms with Gasteiger partial charge in [-0.05, 0) is 13.0 Å². The van der Waals surface area contributed by atoms with Crippen LogP contribution in [0.5, 0.6) is 0 Å². The van der Waals surface area contributed by atoms with E-state index in [9.17, 15) is 17.6 Å². The molecular formula is C13H14F4N4. The van der Waals surface area contributed by atoms with Crippen LogP contribution in [0.4, 0.5) is 17.6 Å². The molecule has 0 aliphatic heterocycles. The Balaban J connectivity index is 2.54. The number of imidazole rings is 1. The minimum Gasteiger partial charge on any atom is -0.334 e. The smallest absolute Gasteiger partial charge is 0.334 e. The Labute approximate surface area is 118 Å². The first-order valence-corrected chi connectivity index (χ1v) is 6.22. The van der Waals surface area contributed by atoms with Crippen molar-refractivity contribution in [3.63, 3.8) is 0 Å². The Morgan fingerprint density at radius 1 is 1.38 bits per heavy atom. The van der Waals surface area contributed by atoms with E-state index < -0.39 is 23.6 Å². The van der Waals surface area contributed by atoms with Crippen LogP contribution in [-0.4, -0.2) is 9.55 Å². The summed E-state index contributed by atoms with van der Waals surface area (Å²) in [6, 6.07) is 2.12. The first kappa shape index (κ1) is 15.5. The van der Waals surface area contributed by atoms with Crippen molar-refractivity contribution in [1.82, 2.24) is 15.0 Å². The number of nitrogens with one attached hydrogen (secondary N) is 1. The highest BCUT2D eigenvalue weighted by Gasteiger charge is 2.36. The molecule has 4 nitrogen and oxygen atoms in total. The predicted octanol–water partition coefficient (Wildman–Crippen LogP) is 2.61. The van der Waals surface area contributed by atoms with Gasteiger partial charge in [-0.1, -0.05) is 12.1 Å². The summed E-state index contributed by atoms with van der Waals surface area (Å²) in [6.07, 6.45) is -1.64. The summed E-state index contributed by atoms with van der Waals surface area (Å²) in [5.74, 6) is 4.39. The van der Waals surface area contributed by atoms with Gasteiger partial charge < -0.3 is 4.57 Å². The number of hydrazine groups is 1. The molecule has 2 rings (SSSR count). The van der Waals surface area contributed by atoms with Gasteiger partial charge in [0.1, 0.15) is 17.7 Å². The van der Waals surface area contributed by atoms with Crippen molar-refractivity contribution >= 4 is 0 Å². The van der Waals surface area contributed by atoms with Crippen molar-refractivity contribution in [2.24, 2.45) is 5.84 Å². The van der Waals surface area contributed by atoms with Crippen LogP contribution >= 0.6 is 0 Å². The van der Waals surface area contributed by atoms with Crippen molar-refractivity contribution < 1.29 is 17.6 Å². The van der Waals surface area contributed by atoms with Crippen LogP contribution in [0.15, 0.2) is 30.6 Å². The Morgan fingerprint density at radius 2 is 2.10 bits per heavy atom. The van der Waals surface area contributed by atoms with Crippen molar-refractivity contribution in [2.75, 3.05) is 0 Å². The van der Waals surface area contributed by atoms with E-state index in [2.05, 4.69) is 10.4 Å². The molecule has 0 aliphatic carbocycles. The van der Waals surface area contributed by atoms with E-state index in [4.69, 9.17) is 5.84 Å². The second kappa shape index (κ2) is 5.82. The van der Waals surface area contributed by atoms with E-state index in [0.29, 0.717) is 18.4 Å². The molecule has 0 spiro atoms. The summed E-state index contributed by atoms with van der Waals surface area (Å²) < 4.78 is 54.2. The molecule has 1 aromatic heterocycles. The van der Waals surface area contributed by atoms with Gasteiger partial charge in [0.25, 0.3) is 0 Å². The molecule has 3 N–H and O–H groups in total. The fourth-order valence-corrected chi connectivity index (χ4v) is 2.14. The Bertz CT molecular complexity index is 621. The summed E-state index contributed by atoms with van der Waals surface area (Å²) >= 11 is 0. The number of halogens is 4. The molecular weight excluding hydrogens is 288 g/mol. The summed E-state index contributed by atoms with van der Waals surface area (Å²) in [6.45, 7) is 2.37. The van der Waals surface area contributed by atoms with Crippen LogP contribution < -0.4 is 11.3 Å². The second-order valence-electron chi connectivity index (χ2n) is 4.38. The summed E-state index contributed by atoms with van der Waals surface area (Å²) in [4.78, 5) is 4.04. The van der Waals surface area contributed by atoms with Crippen LogP contribution in [-0.2, 0) is 12.7 Å². The van der Waals surface area contributed by atoms with Gasteiger partial charge in [-0.3, -0.25) is 5.84 Å². The highest BCUT2D eigenvalue weighted by atomic mass is 19.4. The topological polar surface area (TPSA) is 55.9 Å². The van der Waals surface area contributed by atoms with E-state index >= 15 is 0 Å². The number of hydrogen-bond acceptors (Lipinski definition) is 3. The zero-order chi connectivity index (χ0) is 15.6. The lowest BCUT2D eigenvalue weighted by atomic mass is 10.0. The first-order chi connectivity index (χ1) is 9.90. The van der Waals surface area contributed by atoms with Crippen LogP contribution in [0.3, 0.4) is 0 Å². The molecule has 2 aromatic rings. The van der Waals surface area contributed by atoms with Gasteiger partial charge in [-0.2, -0.15) is 13.2 Å². The van der Waals surface area contributed by atoms with Gasteiger partial charge >= 0.3 is 6.18 Å². The zero-order valence-electron chi connectivity index (χ0n) is 11.2. The standard InChI is InChI=1S/C13H14F4N4/c1-2-21-7-6-19-12(21)11(20-18)8-4-3-5-9(10(8)14)13(15,16)17/h3-7,11,20H,2,18H2,1H3. The molecule has 1 heterocycles. The van der Waals surface area contributed by atoms with Crippen molar-refractivity contribution in [3.8, 4) is 0 Å². The molecule has 1 atom stereocenters. The maximum atomic E-state index is 14.2. The zero-order valence-corrected chi connectivity index (χ0v) is 11.2. The minimum atomic E-state index is -4.76. The van der Waals surface area contributed by atoms with Gasteiger partial charge in [-0.15, -0.1) is 0 Å². The molecule has 114 valence electrons. The number of alkyl halides is 3. The third-order valence-electron chi connectivity index (χ3n) is 3.16. The Kier molecular flexibility index (Phi) is 4.29. The normalized spacial score (nSPS) is 13.4. The highest BCUT2D eigenvalue weighted by molar-refractivity contribution is 5.33. The molecule has 1 unspecified atom stereocenters. The third kappa shape index (κ3) is 2.91. The quantitative estimate of drug-likeness (QED) is 0.518. The maximum Gasteiger partial charge on any atom is 0.419 e. The number of aryl methyl sites for hydroxylation is 1. The average molecular weight is 302 g/mol. The molecule has 0 fully saturated rings. The monoisotopic (exact) mass is 302 g/mol. The van der Waals surface area contributed by atoms with Gasteiger partial charge in [0, 0.05) is 24.5 Å². The second-order valence-corrected chi connectivity index (χ2v) is 4.38. The van der Waals surface area contributed by atoms with Gasteiger partial charge in [0.05, 0.1) is 5.56 Å². The largest absolute Gasteiger partial charge is 0.419 e. The molecule has 8 heteroatoms. The van der Waals surface area contributed by atoms with E-state index in [1.807, 2.05) is 6.92 Å². The lowest BCUT2D eigenvalue weighted by Gasteiger charge is -2.19. The molecule has 0 amide bonds. The molecule has 21 heavy (non-hydrogen) atoms.